The lowest BCUT2D eigenvalue weighted by Gasteiger charge is -2.46. The lowest BCUT2D eigenvalue weighted by atomic mass is 9.94. The molecule has 6 atom stereocenters. The minimum Gasteiger partial charge on any atom is -0.151 e. The van der Waals surface area contributed by atoms with Crippen LogP contribution >= 0.6 is 35.0 Å². The average Bonchev–Trinajstić information content (AvgIpc) is 2.59. The fourth-order valence-electron chi connectivity index (χ4n) is 3.90. The van der Waals surface area contributed by atoms with Gasteiger partial charge in [0.15, 0.2) is 0 Å². The van der Waals surface area contributed by atoms with Crippen LogP contribution < -0.4 is 0 Å². The zero-order chi connectivity index (χ0) is 8.09. The van der Waals surface area contributed by atoms with Crippen LogP contribution in [-0.4, -0.2) is 21.3 Å². The summed E-state index contributed by atoms with van der Waals surface area (Å²) in [5, 5.41) is 2.35. The van der Waals surface area contributed by atoms with E-state index in [0.29, 0.717) is 22.1 Å². The van der Waals surface area contributed by atoms with Gasteiger partial charge in [0.2, 0.25) is 0 Å². The fourth-order valence-corrected chi connectivity index (χ4v) is 7.41. The second-order valence-electron chi connectivity index (χ2n) is 4.74. The van der Waals surface area contributed by atoms with E-state index in [1.165, 1.54) is 12.8 Å². The van der Waals surface area contributed by atoms with Gasteiger partial charge in [-0.2, -0.15) is 11.8 Å². The van der Waals surface area contributed by atoms with Gasteiger partial charge in [0, 0.05) is 10.5 Å². The van der Waals surface area contributed by atoms with Gasteiger partial charge < -0.3 is 0 Å². The van der Waals surface area contributed by atoms with Crippen molar-refractivity contribution in [1.82, 2.24) is 0 Å². The lowest BCUT2D eigenvalue weighted by molar-refractivity contribution is 0.378. The Balaban J connectivity index is 1.88. The Hall–Kier alpha value is 0.930. The van der Waals surface area contributed by atoms with Gasteiger partial charge in [-0.3, -0.25) is 0 Å². The number of alkyl halides is 2. The molecule has 4 aliphatic rings. The molecule has 0 N–H and O–H groups in total. The van der Waals surface area contributed by atoms with Crippen LogP contribution in [0.15, 0.2) is 0 Å². The maximum absolute atomic E-state index is 6.41. The highest BCUT2D eigenvalue weighted by atomic mass is 35.5. The predicted molar refractivity (Wildman–Crippen MR) is 53.1 cm³/mol. The molecule has 2 unspecified atom stereocenters. The Morgan fingerprint density at radius 2 is 1.58 bits per heavy atom. The summed E-state index contributed by atoms with van der Waals surface area (Å²) in [6.07, 6.45) is 2.84. The van der Waals surface area contributed by atoms with Crippen molar-refractivity contribution in [2.45, 2.75) is 34.1 Å². The van der Waals surface area contributed by atoms with Gasteiger partial charge in [-0.1, -0.05) is 0 Å². The zero-order valence-corrected chi connectivity index (χ0v) is 8.87. The molecule has 1 saturated heterocycles. The highest BCUT2D eigenvalue weighted by molar-refractivity contribution is 8.02. The van der Waals surface area contributed by atoms with E-state index in [1.807, 2.05) is 0 Å². The molecule has 4 fully saturated rings. The van der Waals surface area contributed by atoms with Gasteiger partial charge >= 0.3 is 0 Å². The molecule has 0 aromatic heterocycles. The first kappa shape index (κ1) is 7.25. The van der Waals surface area contributed by atoms with E-state index in [9.17, 15) is 0 Å². The van der Waals surface area contributed by atoms with Crippen molar-refractivity contribution >= 4 is 35.0 Å². The Labute approximate surface area is 86.4 Å². The summed E-state index contributed by atoms with van der Waals surface area (Å²) in [5.41, 5.74) is 0.652. The van der Waals surface area contributed by atoms with Crippen molar-refractivity contribution in [3.63, 3.8) is 0 Å². The number of halogens is 2. The molecule has 1 aliphatic heterocycles. The van der Waals surface area contributed by atoms with Crippen molar-refractivity contribution in [3.8, 4) is 0 Å². The van der Waals surface area contributed by atoms with Crippen LogP contribution in [0.2, 0.25) is 0 Å². The molecule has 3 aliphatic carbocycles. The average molecular weight is 221 g/mol. The van der Waals surface area contributed by atoms with Crippen LogP contribution in [0.1, 0.15) is 12.8 Å². The Morgan fingerprint density at radius 1 is 1.00 bits per heavy atom. The second kappa shape index (κ2) is 1.83. The van der Waals surface area contributed by atoms with Gasteiger partial charge in [0.05, 0.1) is 10.8 Å². The topological polar surface area (TPSA) is 0 Å². The number of thioether (sulfide) groups is 1. The molecule has 0 aromatic carbocycles. The van der Waals surface area contributed by atoms with E-state index in [1.54, 1.807) is 0 Å². The van der Waals surface area contributed by atoms with Gasteiger partial charge in [-0.05, 0) is 30.1 Å². The maximum Gasteiger partial charge on any atom is 0.0506 e. The molecule has 1 heterocycles. The van der Waals surface area contributed by atoms with Crippen molar-refractivity contribution in [2.75, 3.05) is 0 Å². The Morgan fingerprint density at radius 3 is 1.92 bits per heavy atom. The van der Waals surface area contributed by atoms with Crippen LogP contribution in [0, 0.1) is 17.3 Å². The summed E-state index contributed by atoms with van der Waals surface area (Å²) >= 11 is 14.9. The predicted octanol–water partition coefficient (Wildman–Crippen LogP) is 2.73. The maximum atomic E-state index is 6.41. The fraction of sp³-hybridized carbons (Fsp3) is 1.00. The monoisotopic (exact) mass is 220 g/mol. The summed E-state index contributed by atoms with van der Waals surface area (Å²) in [5.74, 6) is 1.58. The first-order valence-corrected chi connectivity index (χ1v) is 6.51. The smallest absolute Gasteiger partial charge is 0.0506 e. The third kappa shape index (κ3) is 0.511. The summed E-state index contributed by atoms with van der Waals surface area (Å²) in [7, 11) is 0. The lowest BCUT2D eigenvalue weighted by Crippen LogP contribution is -2.50. The molecule has 0 amide bonds. The molecule has 0 radical (unpaired) electrons. The third-order valence-corrected chi connectivity index (χ3v) is 7.68. The van der Waals surface area contributed by atoms with Crippen LogP contribution in [0.3, 0.4) is 0 Å². The standard InChI is InChI=1S/C9H10Cl2S/c10-5-3-6(11)8-4(7(5)12-8)9(3)1-2-9/h3-8H,1-2H2/t3?,4?,5-,6+,7-,8+. The first-order valence-electron chi connectivity index (χ1n) is 4.69. The highest BCUT2D eigenvalue weighted by Gasteiger charge is 2.80. The molecule has 0 aromatic rings. The largest absolute Gasteiger partial charge is 0.151 e. The van der Waals surface area contributed by atoms with Gasteiger partial charge in [0.25, 0.3) is 0 Å². The number of hydrogen-bond donors (Lipinski definition) is 0. The molecule has 4 rings (SSSR count). The minimum atomic E-state index is 0.398. The van der Waals surface area contributed by atoms with Crippen LogP contribution in [0.25, 0.3) is 0 Å². The minimum absolute atomic E-state index is 0.398. The van der Waals surface area contributed by atoms with Crippen molar-refractivity contribution in [3.05, 3.63) is 0 Å². The van der Waals surface area contributed by atoms with Gasteiger partial charge in [-0.15, -0.1) is 23.2 Å². The second-order valence-corrected chi connectivity index (χ2v) is 7.11. The number of rotatable bonds is 0. The highest BCUT2D eigenvalue weighted by Crippen LogP contribution is 2.81. The van der Waals surface area contributed by atoms with E-state index in [0.717, 1.165) is 16.4 Å². The van der Waals surface area contributed by atoms with E-state index in [4.69, 9.17) is 23.2 Å². The van der Waals surface area contributed by atoms with E-state index in [-0.39, 0.29) is 0 Å². The molecule has 1 spiro atoms. The molecular formula is C9H10Cl2S. The van der Waals surface area contributed by atoms with E-state index < -0.39 is 0 Å². The number of hydrogen-bond acceptors (Lipinski definition) is 1. The molecular weight excluding hydrogens is 211 g/mol. The molecule has 2 bridgehead atoms. The first-order chi connectivity index (χ1) is 5.76. The van der Waals surface area contributed by atoms with Gasteiger partial charge in [0.1, 0.15) is 0 Å². The summed E-state index contributed by atoms with van der Waals surface area (Å²) < 4.78 is 0. The quantitative estimate of drug-likeness (QED) is 0.567. The van der Waals surface area contributed by atoms with Crippen molar-refractivity contribution < 1.29 is 0 Å². The normalized spacial score (nSPS) is 68.5. The molecule has 66 valence electrons. The molecule has 0 nitrogen and oxygen atoms in total. The Bertz CT molecular complexity index is 247. The summed E-state index contributed by atoms with van der Waals surface area (Å²) in [6, 6.07) is 0. The zero-order valence-electron chi connectivity index (χ0n) is 6.54. The van der Waals surface area contributed by atoms with Crippen LogP contribution in [0.4, 0.5) is 0 Å². The summed E-state index contributed by atoms with van der Waals surface area (Å²) in [6.45, 7) is 0. The third-order valence-electron chi connectivity index (χ3n) is 4.49. The Kier molecular flexibility index (Phi) is 1.10. The summed E-state index contributed by atoms with van der Waals surface area (Å²) in [4.78, 5) is 0. The van der Waals surface area contributed by atoms with Crippen LogP contribution in [-0.2, 0) is 0 Å². The van der Waals surface area contributed by atoms with Gasteiger partial charge in [-0.25, -0.2) is 0 Å². The SMILES string of the molecule is Cl[C@@H]1C2[C@H](Cl)[C@H]3S[C@@H]1C3C21CC1. The van der Waals surface area contributed by atoms with Crippen molar-refractivity contribution in [1.29, 1.82) is 0 Å². The van der Waals surface area contributed by atoms with E-state index in [2.05, 4.69) is 11.8 Å². The van der Waals surface area contributed by atoms with E-state index >= 15 is 0 Å². The molecule has 12 heavy (non-hydrogen) atoms. The molecule has 3 heteroatoms. The van der Waals surface area contributed by atoms with Crippen LogP contribution in [0.5, 0.6) is 0 Å². The molecule has 3 saturated carbocycles. The van der Waals surface area contributed by atoms with Crippen molar-refractivity contribution in [2.24, 2.45) is 17.3 Å².